The Kier molecular flexibility index (Phi) is 2.80. The van der Waals surface area contributed by atoms with Crippen molar-refractivity contribution in [2.24, 2.45) is 4.99 Å². The SMILES string of the molecule is Clc1cc(Cl)c2c(c1)=NC(Cl)N(Cl)C=2. The quantitative estimate of drug-likeness (QED) is 0.401. The van der Waals surface area contributed by atoms with Crippen LogP contribution in [0.5, 0.6) is 0 Å². The fraction of sp³-hybridized carbons (Fsp3) is 0.125. The Morgan fingerprint density at radius 3 is 2.71 bits per heavy atom. The van der Waals surface area contributed by atoms with Gasteiger partial charge in [0, 0.05) is 28.2 Å². The molecule has 0 radical (unpaired) electrons. The first-order chi connectivity index (χ1) is 6.58. The van der Waals surface area contributed by atoms with Crippen LogP contribution in [-0.4, -0.2) is 10.0 Å². The monoisotopic (exact) mass is 268 g/mol. The number of nitrogens with zero attached hydrogens (tertiary/aromatic N) is 2. The molecular formula is C8H4Cl4N2. The van der Waals surface area contributed by atoms with Gasteiger partial charge in [-0.1, -0.05) is 34.8 Å². The summed E-state index contributed by atoms with van der Waals surface area (Å²) in [5.41, 5.74) is -0.626. The van der Waals surface area contributed by atoms with Gasteiger partial charge in [0.2, 0.25) is 5.62 Å². The number of halogens is 4. The second-order valence-electron chi connectivity index (χ2n) is 2.73. The zero-order valence-electron chi connectivity index (χ0n) is 6.72. The molecule has 1 aromatic carbocycles. The van der Waals surface area contributed by atoms with E-state index in [4.69, 9.17) is 46.6 Å². The molecule has 0 saturated heterocycles. The third-order valence-electron chi connectivity index (χ3n) is 1.77. The van der Waals surface area contributed by atoms with Crippen molar-refractivity contribution in [1.82, 2.24) is 4.42 Å². The van der Waals surface area contributed by atoms with E-state index in [1.54, 1.807) is 18.3 Å². The number of rotatable bonds is 0. The van der Waals surface area contributed by atoms with Gasteiger partial charge in [-0.25, -0.2) is 4.99 Å². The molecule has 0 spiro atoms. The first kappa shape index (κ1) is 10.4. The fourth-order valence-electron chi connectivity index (χ4n) is 1.16. The lowest BCUT2D eigenvalue weighted by atomic mass is 10.3. The second-order valence-corrected chi connectivity index (χ2v) is 4.36. The van der Waals surface area contributed by atoms with Gasteiger partial charge in [0.25, 0.3) is 0 Å². The third-order valence-corrected chi connectivity index (χ3v) is 3.00. The van der Waals surface area contributed by atoms with Crippen LogP contribution in [0.2, 0.25) is 10.0 Å². The summed E-state index contributed by atoms with van der Waals surface area (Å²) in [6, 6.07) is 3.33. The molecule has 1 aromatic rings. The van der Waals surface area contributed by atoms with Crippen LogP contribution >= 0.6 is 46.6 Å². The Labute approximate surface area is 100 Å². The molecule has 0 fully saturated rings. The summed E-state index contributed by atoms with van der Waals surface area (Å²) < 4.78 is 1.25. The maximum atomic E-state index is 5.96. The lowest BCUT2D eigenvalue weighted by Crippen LogP contribution is -2.36. The second kappa shape index (κ2) is 3.78. The van der Waals surface area contributed by atoms with E-state index in [2.05, 4.69) is 4.99 Å². The summed E-state index contributed by atoms with van der Waals surface area (Å²) >= 11 is 23.4. The standard InChI is InChI=1S/C8H4Cl4N2/c9-4-1-6(10)5-3-14(12)8(11)13-7(5)2-4/h1-3,8H. The van der Waals surface area contributed by atoms with Crippen molar-refractivity contribution in [3.05, 3.63) is 32.8 Å². The first-order valence-electron chi connectivity index (χ1n) is 3.71. The Bertz CT molecular complexity index is 485. The molecule has 1 aliphatic heterocycles. The van der Waals surface area contributed by atoms with Crippen LogP contribution in [0.3, 0.4) is 0 Å². The predicted molar refractivity (Wildman–Crippen MR) is 59.0 cm³/mol. The van der Waals surface area contributed by atoms with Gasteiger partial charge in [-0.3, -0.25) is 4.42 Å². The van der Waals surface area contributed by atoms with Gasteiger partial charge in [0.05, 0.1) is 10.4 Å². The van der Waals surface area contributed by atoms with E-state index in [0.29, 0.717) is 15.4 Å². The number of hydrogen-bond donors (Lipinski definition) is 0. The van der Waals surface area contributed by atoms with E-state index in [1.165, 1.54) is 4.42 Å². The molecule has 2 rings (SSSR count). The van der Waals surface area contributed by atoms with Crippen LogP contribution < -0.4 is 10.6 Å². The van der Waals surface area contributed by atoms with Crippen molar-refractivity contribution in [2.45, 2.75) is 5.62 Å². The minimum Gasteiger partial charge on any atom is -0.254 e. The molecule has 0 N–H and O–H groups in total. The van der Waals surface area contributed by atoms with Crippen molar-refractivity contribution < 1.29 is 0 Å². The normalized spacial score (nSPS) is 19.7. The molecule has 14 heavy (non-hydrogen) atoms. The van der Waals surface area contributed by atoms with Crippen LogP contribution in [0.4, 0.5) is 0 Å². The molecule has 1 atom stereocenters. The van der Waals surface area contributed by atoms with Gasteiger partial charge < -0.3 is 0 Å². The Balaban J connectivity index is 2.79. The largest absolute Gasteiger partial charge is 0.254 e. The zero-order chi connectivity index (χ0) is 10.3. The van der Waals surface area contributed by atoms with Crippen LogP contribution in [0.15, 0.2) is 17.1 Å². The van der Waals surface area contributed by atoms with Crippen molar-refractivity contribution in [1.29, 1.82) is 0 Å². The average Bonchev–Trinajstić information content (AvgIpc) is 2.08. The molecule has 6 heteroatoms. The summed E-state index contributed by atoms with van der Waals surface area (Å²) in [5.74, 6) is 0. The van der Waals surface area contributed by atoms with E-state index in [-0.39, 0.29) is 0 Å². The summed E-state index contributed by atoms with van der Waals surface area (Å²) in [5, 5.41) is 2.41. The molecule has 1 aliphatic rings. The van der Waals surface area contributed by atoms with Crippen LogP contribution in [0.25, 0.3) is 6.20 Å². The molecule has 74 valence electrons. The first-order valence-corrected chi connectivity index (χ1v) is 5.24. The van der Waals surface area contributed by atoms with Crippen molar-refractivity contribution in [3.63, 3.8) is 0 Å². The van der Waals surface area contributed by atoms with Gasteiger partial charge in [-0.05, 0) is 12.1 Å². The highest BCUT2D eigenvalue weighted by atomic mass is 35.5. The smallest absolute Gasteiger partial charge is 0.211 e. The van der Waals surface area contributed by atoms with E-state index in [9.17, 15) is 0 Å². The van der Waals surface area contributed by atoms with Crippen molar-refractivity contribution >= 4 is 52.8 Å². The van der Waals surface area contributed by atoms with Gasteiger partial charge in [0.1, 0.15) is 0 Å². The number of fused-ring (bicyclic) bond motifs is 1. The molecule has 2 nitrogen and oxygen atoms in total. The molecular weight excluding hydrogens is 266 g/mol. The van der Waals surface area contributed by atoms with Gasteiger partial charge in [0.15, 0.2) is 0 Å². The Morgan fingerprint density at radius 1 is 1.29 bits per heavy atom. The molecule has 0 saturated carbocycles. The summed E-state index contributed by atoms with van der Waals surface area (Å²) in [6.45, 7) is 0. The third kappa shape index (κ3) is 1.80. The maximum Gasteiger partial charge on any atom is 0.211 e. The minimum atomic E-state index is -0.626. The van der Waals surface area contributed by atoms with Crippen LogP contribution in [0, 0.1) is 0 Å². The molecule has 1 unspecified atom stereocenters. The maximum absolute atomic E-state index is 5.96. The van der Waals surface area contributed by atoms with Gasteiger partial charge in [-0.2, -0.15) is 0 Å². The number of hydrogen-bond acceptors (Lipinski definition) is 2. The molecule has 0 bridgehead atoms. The number of alkyl halides is 1. The van der Waals surface area contributed by atoms with Crippen molar-refractivity contribution in [3.8, 4) is 0 Å². The Morgan fingerprint density at radius 2 is 2.00 bits per heavy atom. The van der Waals surface area contributed by atoms with Crippen LogP contribution in [0.1, 0.15) is 0 Å². The number of benzene rings is 1. The highest BCUT2D eigenvalue weighted by Gasteiger charge is 2.13. The fourth-order valence-corrected chi connectivity index (χ4v) is 1.99. The van der Waals surface area contributed by atoms with E-state index >= 15 is 0 Å². The van der Waals surface area contributed by atoms with Gasteiger partial charge in [-0.15, -0.1) is 0 Å². The Hall–Kier alpha value is -0.150. The van der Waals surface area contributed by atoms with E-state index in [1.807, 2.05) is 0 Å². The molecule has 0 amide bonds. The van der Waals surface area contributed by atoms with Crippen LogP contribution in [-0.2, 0) is 0 Å². The predicted octanol–water partition coefficient (Wildman–Crippen LogP) is 2.34. The molecule has 1 heterocycles. The van der Waals surface area contributed by atoms with Crippen molar-refractivity contribution in [2.75, 3.05) is 0 Å². The summed E-state index contributed by atoms with van der Waals surface area (Å²) in [6.07, 6.45) is 1.63. The lowest BCUT2D eigenvalue weighted by Gasteiger charge is -2.17. The topological polar surface area (TPSA) is 15.6 Å². The lowest BCUT2D eigenvalue weighted by molar-refractivity contribution is 0.584. The van der Waals surface area contributed by atoms with Gasteiger partial charge >= 0.3 is 0 Å². The zero-order valence-corrected chi connectivity index (χ0v) is 9.74. The van der Waals surface area contributed by atoms with E-state index in [0.717, 1.165) is 5.22 Å². The highest BCUT2D eigenvalue weighted by molar-refractivity contribution is 6.34. The van der Waals surface area contributed by atoms with E-state index < -0.39 is 5.62 Å². The molecule has 0 aliphatic carbocycles. The minimum absolute atomic E-state index is 0.505. The highest BCUT2D eigenvalue weighted by Crippen LogP contribution is 2.15. The summed E-state index contributed by atoms with van der Waals surface area (Å²) in [7, 11) is 0. The molecule has 0 aromatic heterocycles. The average molecular weight is 270 g/mol. The summed E-state index contributed by atoms with van der Waals surface area (Å²) in [4.78, 5) is 4.11.